The highest BCUT2D eigenvalue weighted by molar-refractivity contribution is 6.32. The Morgan fingerprint density at radius 2 is 2.11 bits per heavy atom. The Morgan fingerprint density at radius 3 is 2.61 bits per heavy atom. The Morgan fingerprint density at radius 1 is 1.44 bits per heavy atom. The van der Waals surface area contributed by atoms with Crippen LogP contribution in [0.2, 0.25) is 5.02 Å². The number of carbonyl (C=O) groups is 1. The molecule has 1 aromatic carbocycles. The summed E-state index contributed by atoms with van der Waals surface area (Å²) in [6, 6.07) is 6.55. The van der Waals surface area contributed by atoms with Crippen LogP contribution in [0.1, 0.15) is 26.3 Å². The van der Waals surface area contributed by atoms with Gasteiger partial charge in [0.25, 0.3) is 0 Å². The quantitative estimate of drug-likeness (QED) is 0.790. The van der Waals surface area contributed by atoms with Crippen molar-refractivity contribution >= 4 is 17.6 Å². The molecule has 0 aliphatic rings. The lowest BCUT2D eigenvalue weighted by Gasteiger charge is -2.19. The van der Waals surface area contributed by atoms with Gasteiger partial charge in [0, 0.05) is 0 Å². The third-order valence-electron chi connectivity index (χ3n) is 1.83. The lowest BCUT2D eigenvalue weighted by atomic mass is 10.2. The Bertz CT molecular complexity index is 486. The number of ether oxygens (including phenoxy) is 2. The first-order valence-electron chi connectivity index (χ1n) is 5.36. The van der Waals surface area contributed by atoms with E-state index in [0.29, 0.717) is 11.3 Å². The molecule has 18 heavy (non-hydrogen) atoms. The van der Waals surface area contributed by atoms with E-state index in [0.717, 1.165) is 0 Å². The molecule has 0 aromatic heterocycles. The molecule has 1 aromatic rings. The Kier molecular flexibility index (Phi) is 4.57. The summed E-state index contributed by atoms with van der Waals surface area (Å²) in [4.78, 5) is 11.4. The second kappa shape index (κ2) is 5.74. The van der Waals surface area contributed by atoms with Crippen LogP contribution < -0.4 is 4.74 Å². The van der Waals surface area contributed by atoms with Crippen LogP contribution >= 0.6 is 11.6 Å². The van der Waals surface area contributed by atoms with Crippen LogP contribution in [0, 0.1) is 11.3 Å². The number of hydrogen-bond acceptors (Lipinski definition) is 4. The second-order valence-electron chi connectivity index (χ2n) is 4.63. The summed E-state index contributed by atoms with van der Waals surface area (Å²) in [5, 5.41) is 8.96. The number of carbonyl (C=O) groups excluding carboxylic acids is 1. The molecule has 0 aliphatic carbocycles. The SMILES string of the molecule is CC(C)(C)OC(=O)COc1ccc(C#N)cc1Cl. The van der Waals surface area contributed by atoms with Gasteiger partial charge >= 0.3 is 5.97 Å². The molecule has 0 spiro atoms. The molecule has 0 fully saturated rings. The van der Waals surface area contributed by atoms with Gasteiger partial charge < -0.3 is 9.47 Å². The maximum absolute atomic E-state index is 11.4. The van der Waals surface area contributed by atoms with E-state index in [1.807, 2.05) is 6.07 Å². The van der Waals surface area contributed by atoms with Gasteiger partial charge in [-0.05, 0) is 39.0 Å². The summed E-state index contributed by atoms with van der Waals surface area (Å²) in [6.07, 6.45) is 0. The molecular weight excluding hydrogens is 254 g/mol. The smallest absolute Gasteiger partial charge is 0.344 e. The largest absolute Gasteiger partial charge is 0.480 e. The molecular formula is C13H14ClNO3. The molecule has 0 amide bonds. The summed E-state index contributed by atoms with van der Waals surface area (Å²) in [5.41, 5.74) is -0.112. The first-order chi connectivity index (χ1) is 8.31. The average molecular weight is 268 g/mol. The molecule has 0 unspecified atom stereocenters. The zero-order valence-electron chi connectivity index (χ0n) is 10.5. The van der Waals surface area contributed by atoms with Crippen molar-refractivity contribution in [3.8, 4) is 11.8 Å². The predicted octanol–water partition coefficient (Wildman–Crippen LogP) is 2.93. The first-order valence-corrected chi connectivity index (χ1v) is 5.74. The van der Waals surface area contributed by atoms with Crippen LogP contribution in [-0.4, -0.2) is 18.2 Å². The monoisotopic (exact) mass is 267 g/mol. The van der Waals surface area contributed by atoms with Gasteiger partial charge in [-0.1, -0.05) is 11.6 Å². The maximum atomic E-state index is 11.4. The van der Waals surface area contributed by atoms with Crippen molar-refractivity contribution in [3.63, 3.8) is 0 Å². The van der Waals surface area contributed by atoms with Crippen LogP contribution in [0.3, 0.4) is 0 Å². The van der Waals surface area contributed by atoms with Crippen molar-refractivity contribution in [2.75, 3.05) is 6.61 Å². The van der Waals surface area contributed by atoms with E-state index in [1.165, 1.54) is 6.07 Å². The lowest BCUT2D eigenvalue weighted by molar-refractivity contribution is -0.157. The van der Waals surface area contributed by atoms with Gasteiger partial charge in [-0.2, -0.15) is 5.26 Å². The van der Waals surface area contributed by atoms with Crippen LogP contribution in [0.25, 0.3) is 0 Å². The summed E-state index contributed by atoms with van der Waals surface area (Å²) in [7, 11) is 0. The van der Waals surface area contributed by atoms with Gasteiger partial charge in [0.05, 0.1) is 16.7 Å². The van der Waals surface area contributed by atoms with E-state index in [9.17, 15) is 4.79 Å². The number of nitrogens with zero attached hydrogens (tertiary/aromatic N) is 1. The maximum Gasteiger partial charge on any atom is 0.344 e. The molecule has 0 N–H and O–H groups in total. The van der Waals surface area contributed by atoms with Crippen LogP contribution in [0.15, 0.2) is 18.2 Å². The number of hydrogen-bond donors (Lipinski definition) is 0. The highest BCUT2D eigenvalue weighted by Gasteiger charge is 2.17. The average Bonchev–Trinajstić information content (AvgIpc) is 2.25. The standard InChI is InChI=1S/C13H14ClNO3/c1-13(2,3)18-12(16)8-17-11-5-4-9(7-15)6-10(11)14/h4-6H,8H2,1-3H3. The summed E-state index contributed by atoms with van der Waals surface area (Å²) < 4.78 is 10.3. The Hall–Kier alpha value is -1.73. The molecule has 96 valence electrons. The fourth-order valence-electron chi connectivity index (χ4n) is 1.20. The van der Waals surface area contributed by atoms with Crippen LogP contribution in [0.5, 0.6) is 5.75 Å². The number of benzene rings is 1. The van der Waals surface area contributed by atoms with Crippen molar-refractivity contribution in [2.24, 2.45) is 0 Å². The number of rotatable bonds is 3. The van der Waals surface area contributed by atoms with Gasteiger partial charge in [-0.3, -0.25) is 0 Å². The molecule has 0 aliphatic heterocycles. The Labute approximate surface area is 111 Å². The zero-order chi connectivity index (χ0) is 13.8. The topological polar surface area (TPSA) is 59.3 Å². The first kappa shape index (κ1) is 14.3. The molecule has 0 atom stereocenters. The molecule has 0 heterocycles. The van der Waals surface area contributed by atoms with E-state index < -0.39 is 11.6 Å². The highest BCUT2D eigenvalue weighted by atomic mass is 35.5. The van der Waals surface area contributed by atoms with Crippen molar-refractivity contribution < 1.29 is 14.3 Å². The number of nitriles is 1. The summed E-state index contributed by atoms with van der Waals surface area (Å²) in [6.45, 7) is 5.11. The minimum Gasteiger partial charge on any atom is -0.480 e. The van der Waals surface area contributed by atoms with Crippen molar-refractivity contribution in [1.29, 1.82) is 5.26 Å². The fourth-order valence-corrected chi connectivity index (χ4v) is 1.43. The van der Waals surface area contributed by atoms with Gasteiger partial charge in [0.2, 0.25) is 0 Å². The molecule has 0 bridgehead atoms. The highest BCUT2D eigenvalue weighted by Crippen LogP contribution is 2.25. The van der Waals surface area contributed by atoms with Crippen LogP contribution in [0.4, 0.5) is 0 Å². The molecule has 1 rings (SSSR count). The van der Waals surface area contributed by atoms with Gasteiger partial charge in [-0.25, -0.2) is 4.79 Å². The predicted molar refractivity (Wildman–Crippen MR) is 67.5 cm³/mol. The van der Waals surface area contributed by atoms with E-state index in [1.54, 1.807) is 32.9 Å². The molecule has 0 saturated carbocycles. The van der Waals surface area contributed by atoms with Gasteiger partial charge in [-0.15, -0.1) is 0 Å². The second-order valence-corrected chi connectivity index (χ2v) is 5.04. The minimum absolute atomic E-state index is 0.219. The van der Waals surface area contributed by atoms with Crippen molar-refractivity contribution in [1.82, 2.24) is 0 Å². The summed E-state index contributed by atoms with van der Waals surface area (Å²) in [5.74, 6) is -0.121. The Balaban J connectivity index is 2.59. The molecule has 0 saturated heterocycles. The van der Waals surface area contributed by atoms with Gasteiger partial charge in [0.1, 0.15) is 11.4 Å². The van der Waals surface area contributed by atoms with E-state index in [4.69, 9.17) is 26.3 Å². The number of esters is 1. The van der Waals surface area contributed by atoms with E-state index >= 15 is 0 Å². The minimum atomic E-state index is -0.547. The van der Waals surface area contributed by atoms with Crippen LogP contribution in [-0.2, 0) is 9.53 Å². The van der Waals surface area contributed by atoms with E-state index in [2.05, 4.69) is 0 Å². The van der Waals surface area contributed by atoms with Crippen molar-refractivity contribution in [2.45, 2.75) is 26.4 Å². The summed E-state index contributed by atoms with van der Waals surface area (Å²) >= 11 is 5.90. The van der Waals surface area contributed by atoms with Gasteiger partial charge in [0.15, 0.2) is 6.61 Å². The number of halogens is 1. The fraction of sp³-hybridized carbons (Fsp3) is 0.385. The lowest BCUT2D eigenvalue weighted by Crippen LogP contribution is -2.27. The normalized spacial score (nSPS) is 10.6. The molecule has 5 heteroatoms. The zero-order valence-corrected chi connectivity index (χ0v) is 11.2. The third-order valence-corrected chi connectivity index (χ3v) is 2.12. The van der Waals surface area contributed by atoms with Crippen molar-refractivity contribution in [3.05, 3.63) is 28.8 Å². The molecule has 0 radical (unpaired) electrons. The van der Waals surface area contributed by atoms with E-state index in [-0.39, 0.29) is 11.6 Å². The third kappa shape index (κ3) is 4.64. The molecule has 4 nitrogen and oxygen atoms in total.